The Hall–Kier alpha value is -6.18. The minimum absolute atomic E-state index is 0.0845. The molecule has 0 fully saturated rings. The van der Waals surface area contributed by atoms with Crippen molar-refractivity contribution in [2.24, 2.45) is 0 Å². The number of nitrogens with zero attached hydrogens (tertiary/aromatic N) is 1. The molecule has 9 aromatic carbocycles. The number of fused-ring (bicyclic) bond motifs is 6. The van der Waals surface area contributed by atoms with E-state index in [0.717, 1.165) is 65.6 Å². The van der Waals surface area contributed by atoms with Gasteiger partial charge in [0.2, 0.25) is 0 Å². The zero-order chi connectivity index (χ0) is 34.6. The van der Waals surface area contributed by atoms with E-state index in [1.807, 2.05) is 114 Å². The molecule has 1 nitrogen and oxygen atoms in total. The molecule has 47 heavy (non-hydrogen) atoms. The molecule has 0 spiro atoms. The van der Waals surface area contributed by atoms with Crippen LogP contribution in [0.15, 0.2) is 188 Å². The fourth-order valence-electron chi connectivity index (χ4n) is 6.93. The van der Waals surface area contributed by atoms with Crippen LogP contribution >= 0.6 is 0 Å². The summed E-state index contributed by atoms with van der Waals surface area (Å²) in [5.41, 5.74) is 4.60. The van der Waals surface area contributed by atoms with Gasteiger partial charge in [-0.15, -0.1) is 0 Å². The average molecular weight is 602 g/mol. The highest BCUT2D eigenvalue weighted by Gasteiger charge is 2.20. The summed E-state index contributed by atoms with van der Waals surface area (Å²) in [5.74, 6) is 0. The number of para-hydroxylation sites is 1. The van der Waals surface area contributed by atoms with Gasteiger partial charge in [-0.25, -0.2) is 0 Å². The van der Waals surface area contributed by atoms with Gasteiger partial charge < -0.3 is 4.90 Å². The van der Waals surface area contributed by atoms with Crippen molar-refractivity contribution in [3.8, 4) is 22.3 Å². The molecular weight excluding hydrogens is 567 g/mol. The van der Waals surface area contributed by atoms with Crippen LogP contribution in [0.4, 0.5) is 17.1 Å². The van der Waals surface area contributed by atoms with E-state index in [1.165, 1.54) is 0 Å². The second-order valence-corrected chi connectivity index (χ2v) is 11.8. The molecule has 0 aromatic heterocycles. The van der Waals surface area contributed by atoms with E-state index in [0.29, 0.717) is 5.56 Å². The van der Waals surface area contributed by atoms with Crippen LogP contribution < -0.4 is 4.90 Å². The molecule has 1 heteroatoms. The first-order valence-electron chi connectivity index (χ1n) is 17.9. The predicted octanol–water partition coefficient (Wildman–Crippen LogP) is 13.1. The first-order chi connectivity index (χ1) is 25.0. The molecule has 0 radical (unpaired) electrons. The second kappa shape index (κ2) is 11.3. The number of benzene rings is 9. The van der Waals surface area contributed by atoms with E-state index in [2.05, 4.69) is 54.6 Å². The number of anilines is 3. The molecule has 220 valence electrons. The molecule has 0 aliphatic carbocycles. The van der Waals surface area contributed by atoms with E-state index in [9.17, 15) is 5.48 Å². The zero-order valence-electron chi connectivity index (χ0n) is 29.5. The normalized spacial score (nSPS) is 12.6. The van der Waals surface area contributed by atoms with E-state index in [4.69, 9.17) is 0 Å². The largest absolute Gasteiger partial charge is 0.309 e. The third kappa shape index (κ3) is 4.64. The van der Waals surface area contributed by atoms with E-state index in [-0.39, 0.29) is 35.4 Å². The Morgan fingerprint density at radius 3 is 1.55 bits per heavy atom. The summed E-state index contributed by atoms with van der Waals surface area (Å²) >= 11 is 0. The van der Waals surface area contributed by atoms with E-state index >= 15 is 0 Å². The van der Waals surface area contributed by atoms with Gasteiger partial charge in [0.1, 0.15) is 0 Å². The summed E-state index contributed by atoms with van der Waals surface area (Å²) in [5, 5.41) is 8.06. The van der Waals surface area contributed by atoms with Crippen LogP contribution in [0.2, 0.25) is 0 Å². The van der Waals surface area contributed by atoms with Crippen LogP contribution in [0.3, 0.4) is 0 Å². The molecule has 0 bridgehead atoms. The summed E-state index contributed by atoms with van der Waals surface area (Å²) in [6.45, 7) is 0. The summed E-state index contributed by atoms with van der Waals surface area (Å²) in [7, 11) is 0. The van der Waals surface area contributed by atoms with Crippen LogP contribution in [-0.4, -0.2) is 0 Å². The highest BCUT2D eigenvalue weighted by atomic mass is 15.1. The Morgan fingerprint density at radius 2 is 0.851 bits per heavy atom. The lowest BCUT2D eigenvalue weighted by molar-refractivity contribution is 1.30. The fourth-order valence-corrected chi connectivity index (χ4v) is 6.93. The Labute approximate surface area is 280 Å². The van der Waals surface area contributed by atoms with Crippen molar-refractivity contribution < 1.29 is 5.48 Å². The summed E-state index contributed by atoms with van der Waals surface area (Å²) in [6.07, 6.45) is 0. The monoisotopic (exact) mass is 601 g/mol. The zero-order valence-corrected chi connectivity index (χ0v) is 25.5. The summed E-state index contributed by atoms with van der Waals surface area (Å²) < 4.78 is 38.7. The molecule has 0 aliphatic rings. The van der Waals surface area contributed by atoms with Gasteiger partial charge in [0.15, 0.2) is 0 Å². The first kappa shape index (κ1) is 23.2. The Bertz CT molecular complexity index is 2780. The molecule has 0 unspecified atom stereocenters. The van der Waals surface area contributed by atoms with Gasteiger partial charge in [-0.2, -0.15) is 0 Å². The van der Waals surface area contributed by atoms with Gasteiger partial charge in [-0.05, 0) is 84.7 Å². The summed E-state index contributed by atoms with van der Waals surface area (Å²) in [4.78, 5) is 1.94. The van der Waals surface area contributed by atoms with Crippen molar-refractivity contribution in [3.05, 3.63) is 188 Å². The van der Waals surface area contributed by atoms with Crippen LogP contribution in [0.25, 0.3) is 65.3 Å². The smallest absolute Gasteiger partial charge is 0.0645 e. The van der Waals surface area contributed by atoms with Crippen LogP contribution in [0.1, 0.15) is 5.48 Å². The summed E-state index contributed by atoms with van der Waals surface area (Å²) in [6, 6.07) is 54.4. The third-order valence-electron chi connectivity index (χ3n) is 9.09. The van der Waals surface area contributed by atoms with Crippen molar-refractivity contribution >= 4 is 60.2 Å². The minimum Gasteiger partial charge on any atom is -0.309 e. The van der Waals surface area contributed by atoms with Gasteiger partial charge in [-0.3, -0.25) is 0 Å². The lowest BCUT2D eigenvalue weighted by Gasteiger charge is -2.30. The molecular formula is C46H31N. The molecule has 0 amide bonds. The molecule has 0 aliphatic heterocycles. The lowest BCUT2D eigenvalue weighted by Crippen LogP contribution is -2.12. The number of hydrogen-bond acceptors (Lipinski definition) is 1. The maximum atomic E-state index is 9.74. The highest BCUT2D eigenvalue weighted by molar-refractivity contribution is 6.16. The topological polar surface area (TPSA) is 3.24 Å². The van der Waals surface area contributed by atoms with Crippen LogP contribution in [-0.2, 0) is 0 Å². The van der Waals surface area contributed by atoms with Gasteiger partial charge >= 0.3 is 0 Å². The highest BCUT2D eigenvalue weighted by Crippen LogP contribution is 2.46. The molecule has 0 saturated carbocycles. The molecule has 0 N–H and O–H groups in total. The third-order valence-corrected chi connectivity index (χ3v) is 9.09. The quantitative estimate of drug-likeness (QED) is 0.177. The van der Waals surface area contributed by atoms with Crippen molar-refractivity contribution in [2.75, 3.05) is 4.90 Å². The Morgan fingerprint density at radius 1 is 0.340 bits per heavy atom. The maximum absolute atomic E-state index is 9.74. The van der Waals surface area contributed by atoms with E-state index in [1.54, 1.807) is 0 Å². The lowest BCUT2D eigenvalue weighted by atomic mass is 9.93. The van der Waals surface area contributed by atoms with Gasteiger partial charge in [0.05, 0.1) is 16.9 Å². The minimum atomic E-state index is -0.108. The maximum Gasteiger partial charge on any atom is 0.0645 e. The molecule has 9 rings (SSSR count). The van der Waals surface area contributed by atoms with Crippen molar-refractivity contribution in [2.45, 2.75) is 0 Å². The Kier molecular flexibility index (Phi) is 5.59. The van der Waals surface area contributed by atoms with Crippen molar-refractivity contribution in [1.29, 1.82) is 0 Å². The average Bonchev–Trinajstić information content (AvgIpc) is 3.19. The SMILES string of the molecule is [2H]c1c([2H])c(N(c2ccccc2-c2ccccc2)c2cc3ccccc3c3ccccc23)c([2H])c([2H])c1-c1cc2ccccc2c2ccccc12. The van der Waals surface area contributed by atoms with Crippen molar-refractivity contribution in [3.63, 3.8) is 0 Å². The number of hydrogen-bond donors (Lipinski definition) is 0. The number of rotatable bonds is 5. The fraction of sp³-hybridized carbons (Fsp3) is 0. The van der Waals surface area contributed by atoms with Crippen LogP contribution in [0, 0.1) is 0 Å². The molecule has 0 heterocycles. The standard InChI is InChI=1S/C46H31N/c1-2-14-32(15-3-1)39-20-12-13-25-45(39)47(46-31-35-17-5-7-19-38(35)41-22-10-11-24-43(41)46)36-28-26-33(27-29-36)44-30-34-16-4-6-18-37(34)40-21-8-9-23-42(40)44/h1-31H/i26D,27D,28D,29D. The molecule has 9 aromatic rings. The second-order valence-electron chi connectivity index (χ2n) is 11.8. The van der Waals surface area contributed by atoms with Crippen molar-refractivity contribution in [1.82, 2.24) is 0 Å². The Balaban J connectivity index is 1.39. The first-order valence-corrected chi connectivity index (χ1v) is 15.9. The van der Waals surface area contributed by atoms with Gasteiger partial charge in [-0.1, -0.05) is 158 Å². The van der Waals surface area contributed by atoms with Gasteiger partial charge in [0, 0.05) is 16.6 Å². The molecule has 0 atom stereocenters. The molecule has 0 saturated heterocycles. The van der Waals surface area contributed by atoms with Gasteiger partial charge in [0.25, 0.3) is 0 Å². The van der Waals surface area contributed by atoms with Crippen LogP contribution in [0.5, 0.6) is 0 Å². The predicted molar refractivity (Wildman–Crippen MR) is 202 cm³/mol. The van der Waals surface area contributed by atoms with E-state index < -0.39 is 0 Å².